The van der Waals surface area contributed by atoms with Gasteiger partial charge in [-0.2, -0.15) is 0 Å². The number of fused-ring (bicyclic) bond motifs is 4. The molecule has 0 heterocycles. The largest absolute Gasteiger partial charge is 0.478 e. The van der Waals surface area contributed by atoms with E-state index < -0.39 is 17.5 Å². The molecule has 0 aliphatic heterocycles. The predicted octanol–water partition coefficient (Wildman–Crippen LogP) is 6.84. The van der Waals surface area contributed by atoms with Crippen LogP contribution in [-0.4, -0.2) is 41.0 Å². The summed E-state index contributed by atoms with van der Waals surface area (Å²) in [4.78, 5) is 49.1. The summed E-state index contributed by atoms with van der Waals surface area (Å²) in [5.74, 6) is -1.000. The number of carbonyl (C=O) groups is 4. The summed E-state index contributed by atoms with van der Waals surface area (Å²) in [5, 5.41) is 9.39. The number of carboxylic acids is 1. The third-order valence-corrected chi connectivity index (χ3v) is 12.4. The van der Waals surface area contributed by atoms with E-state index in [-0.39, 0.29) is 51.7 Å². The van der Waals surface area contributed by atoms with Crippen LogP contribution in [0.2, 0.25) is 0 Å². The highest BCUT2D eigenvalue weighted by Gasteiger charge is 2.68. The van der Waals surface area contributed by atoms with E-state index in [9.17, 15) is 24.3 Å². The fraction of sp³-hybridized carbons (Fsp3) is 0.765. The lowest BCUT2D eigenvalue weighted by Gasteiger charge is -2.61. The second kappa shape index (κ2) is 10.7. The Kier molecular flexibility index (Phi) is 8.20. The van der Waals surface area contributed by atoms with Crippen LogP contribution in [0.4, 0.5) is 0 Å². The molecule has 2 saturated carbocycles. The van der Waals surface area contributed by atoms with Crippen LogP contribution in [0, 0.1) is 39.4 Å². The maximum absolute atomic E-state index is 13.0. The van der Waals surface area contributed by atoms with E-state index in [1.165, 1.54) is 25.0 Å². The Hall–Kier alpha value is -2.44. The third kappa shape index (κ3) is 4.89. The average molecular weight is 571 g/mol. The van der Waals surface area contributed by atoms with Crippen LogP contribution in [0.5, 0.6) is 0 Å². The van der Waals surface area contributed by atoms with E-state index in [1.54, 1.807) is 13.0 Å². The number of allylic oxidation sites excluding steroid dienone is 1. The Bertz CT molecular complexity index is 1190. The third-order valence-electron chi connectivity index (χ3n) is 12.4. The minimum absolute atomic E-state index is 0.0563. The Morgan fingerprint density at radius 3 is 2.22 bits per heavy atom. The normalized spacial score (nSPS) is 37.8. The molecule has 4 aliphatic carbocycles. The molecule has 0 unspecified atom stereocenters. The van der Waals surface area contributed by atoms with Crippen molar-refractivity contribution in [2.75, 3.05) is 0 Å². The summed E-state index contributed by atoms with van der Waals surface area (Å²) < 4.78 is 12.0. The number of rotatable bonds is 7. The van der Waals surface area contributed by atoms with Crippen molar-refractivity contribution in [3.05, 3.63) is 22.8 Å². The monoisotopic (exact) mass is 570 g/mol. The van der Waals surface area contributed by atoms with Gasteiger partial charge in [-0.15, -0.1) is 0 Å². The molecule has 7 heteroatoms. The lowest BCUT2D eigenvalue weighted by Crippen LogP contribution is -2.55. The Morgan fingerprint density at radius 1 is 0.976 bits per heavy atom. The van der Waals surface area contributed by atoms with Gasteiger partial charge in [0.25, 0.3) is 0 Å². The van der Waals surface area contributed by atoms with E-state index in [0.717, 1.165) is 32.1 Å². The number of Topliss-reactive ketones (excluding diaryl/α,β-unsaturated/α-hetero) is 1. The lowest BCUT2D eigenvalue weighted by atomic mass is 9.43. The standard InChI is InChI=1S/C34H50O7/c1-19(30(38)39)10-12-26(40-21(3)35)20(2)25-18-29(41-22(4)36)34(9)24-11-13-27-31(5,6)28(37)15-16-32(27,7)23(24)14-17-33(25,34)8/h10,20,25-27,29H,11-18H2,1-9H3,(H,38,39)/b19-10+/t20-,25+,26-,27-,29-,32+,33+,34+/m0/s1. The summed E-state index contributed by atoms with van der Waals surface area (Å²) >= 11 is 0. The lowest BCUT2D eigenvalue weighted by molar-refractivity contribution is -0.155. The Labute approximate surface area is 245 Å². The van der Waals surface area contributed by atoms with Gasteiger partial charge in [-0.25, -0.2) is 4.79 Å². The SMILES string of the molecule is CC(=O)O[C@@H](C/C=C(\C)C(=O)O)[C@@H](C)[C@H]1C[C@H](OC(C)=O)[C@@]2(C)C3=C(CC[C@]12C)[C@@]1(C)CCC(=O)C(C)(C)[C@@H]1CC3. The second-order valence-corrected chi connectivity index (χ2v) is 14.6. The fourth-order valence-corrected chi connectivity index (χ4v) is 9.93. The fourth-order valence-electron chi connectivity index (χ4n) is 9.93. The molecule has 0 spiro atoms. The van der Waals surface area contributed by atoms with Crippen LogP contribution < -0.4 is 0 Å². The number of ketones is 1. The highest BCUT2D eigenvalue weighted by atomic mass is 16.5. The molecule has 2 fully saturated rings. The number of aliphatic carboxylic acids is 1. The summed E-state index contributed by atoms with van der Waals surface area (Å²) in [7, 11) is 0. The van der Waals surface area contributed by atoms with Crippen molar-refractivity contribution in [3.8, 4) is 0 Å². The minimum Gasteiger partial charge on any atom is -0.478 e. The van der Waals surface area contributed by atoms with Gasteiger partial charge < -0.3 is 14.6 Å². The maximum Gasteiger partial charge on any atom is 0.330 e. The zero-order valence-corrected chi connectivity index (χ0v) is 26.5. The van der Waals surface area contributed by atoms with Gasteiger partial charge in [-0.3, -0.25) is 14.4 Å². The molecule has 4 rings (SSSR count). The molecule has 41 heavy (non-hydrogen) atoms. The van der Waals surface area contributed by atoms with Crippen molar-refractivity contribution < 1.29 is 33.8 Å². The maximum atomic E-state index is 13.0. The van der Waals surface area contributed by atoms with Crippen molar-refractivity contribution in [2.24, 2.45) is 39.4 Å². The first-order chi connectivity index (χ1) is 18.9. The summed E-state index contributed by atoms with van der Waals surface area (Å²) in [6.07, 6.45) is 7.00. The number of ether oxygens (including phenoxy) is 2. The van der Waals surface area contributed by atoms with Gasteiger partial charge in [0.05, 0.1) is 0 Å². The van der Waals surface area contributed by atoms with Crippen LogP contribution in [0.1, 0.15) is 114 Å². The Balaban J connectivity index is 1.79. The van der Waals surface area contributed by atoms with E-state index >= 15 is 0 Å². The smallest absolute Gasteiger partial charge is 0.330 e. The zero-order valence-electron chi connectivity index (χ0n) is 26.5. The van der Waals surface area contributed by atoms with Crippen LogP contribution in [0.25, 0.3) is 0 Å². The number of carboxylic acid groups (broad SMARTS) is 1. The summed E-state index contributed by atoms with van der Waals surface area (Å²) in [6, 6.07) is 0. The van der Waals surface area contributed by atoms with Crippen LogP contribution >= 0.6 is 0 Å². The van der Waals surface area contributed by atoms with Crippen molar-refractivity contribution in [3.63, 3.8) is 0 Å². The molecule has 0 aromatic rings. The molecule has 0 bridgehead atoms. The topological polar surface area (TPSA) is 107 Å². The summed E-state index contributed by atoms with van der Waals surface area (Å²) in [6.45, 7) is 17.8. The van der Waals surface area contributed by atoms with Crippen LogP contribution in [-0.2, 0) is 28.7 Å². The molecular weight excluding hydrogens is 520 g/mol. The van der Waals surface area contributed by atoms with Gasteiger partial charge in [-0.1, -0.05) is 58.8 Å². The molecule has 1 N–H and O–H groups in total. The highest BCUT2D eigenvalue weighted by Crippen LogP contribution is 2.72. The number of esters is 2. The summed E-state index contributed by atoms with van der Waals surface area (Å²) in [5.41, 5.74) is 2.10. The van der Waals surface area contributed by atoms with E-state index in [4.69, 9.17) is 9.47 Å². The van der Waals surface area contributed by atoms with Gasteiger partial charge in [0.2, 0.25) is 0 Å². The molecule has 7 nitrogen and oxygen atoms in total. The average Bonchev–Trinajstić information content (AvgIpc) is 3.10. The predicted molar refractivity (Wildman–Crippen MR) is 156 cm³/mol. The number of carbonyl (C=O) groups excluding carboxylic acids is 3. The first-order valence-corrected chi connectivity index (χ1v) is 15.4. The first kappa shape index (κ1) is 31.5. The van der Waals surface area contributed by atoms with E-state index in [2.05, 4.69) is 41.5 Å². The van der Waals surface area contributed by atoms with Crippen molar-refractivity contribution in [1.29, 1.82) is 0 Å². The quantitative estimate of drug-likeness (QED) is 0.203. The molecule has 0 aromatic carbocycles. The molecule has 0 aromatic heterocycles. The molecule has 0 saturated heterocycles. The van der Waals surface area contributed by atoms with Crippen molar-refractivity contribution >= 4 is 23.7 Å². The van der Waals surface area contributed by atoms with Gasteiger partial charge in [0, 0.05) is 43.1 Å². The van der Waals surface area contributed by atoms with Crippen LogP contribution in [0.15, 0.2) is 22.8 Å². The second-order valence-electron chi connectivity index (χ2n) is 14.6. The van der Waals surface area contributed by atoms with Gasteiger partial charge >= 0.3 is 17.9 Å². The Morgan fingerprint density at radius 2 is 1.63 bits per heavy atom. The van der Waals surface area contributed by atoms with Crippen molar-refractivity contribution in [1.82, 2.24) is 0 Å². The van der Waals surface area contributed by atoms with Gasteiger partial charge in [-0.05, 0) is 74.0 Å². The number of hydrogen-bond donors (Lipinski definition) is 1. The molecule has 0 radical (unpaired) electrons. The van der Waals surface area contributed by atoms with Gasteiger partial charge in [0.15, 0.2) is 0 Å². The molecule has 4 aliphatic rings. The molecule has 228 valence electrons. The van der Waals surface area contributed by atoms with Gasteiger partial charge in [0.1, 0.15) is 18.0 Å². The number of hydrogen-bond acceptors (Lipinski definition) is 6. The molecular formula is C34H50O7. The molecule has 0 amide bonds. The zero-order chi connectivity index (χ0) is 30.7. The highest BCUT2D eigenvalue weighted by molar-refractivity contribution is 5.86. The van der Waals surface area contributed by atoms with Crippen LogP contribution in [0.3, 0.4) is 0 Å². The minimum atomic E-state index is -0.988. The van der Waals surface area contributed by atoms with E-state index in [0.29, 0.717) is 31.0 Å². The van der Waals surface area contributed by atoms with E-state index in [1.807, 2.05) is 0 Å². The molecule has 8 atom stereocenters. The first-order valence-electron chi connectivity index (χ1n) is 15.4. The van der Waals surface area contributed by atoms with Crippen molar-refractivity contribution in [2.45, 2.75) is 126 Å².